The van der Waals surface area contributed by atoms with Crippen LogP contribution in [0, 0.1) is 5.95 Å². The lowest BCUT2D eigenvalue weighted by Gasteiger charge is -2.16. The maximum Gasteiger partial charge on any atom is 0.248 e. The number of hydrogen-bond acceptors (Lipinski definition) is 4. The Balaban J connectivity index is 1.88. The summed E-state index contributed by atoms with van der Waals surface area (Å²) in [6.45, 7) is 1.19. The minimum absolute atomic E-state index is 0.0594. The number of likely N-dealkylation sites (tertiary alicyclic amines) is 1. The first-order valence-corrected chi connectivity index (χ1v) is 5.75. The van der Waals surface area contributed by atoms with Crippen LogP contribution in [0.2, 0.25) is 0 Å². The molecule has 0 aliphatic carbocycles. The molecule has 98 valence electrons. The summed E-state index contributed by atoms with van der Waals surface area (Å²) >= 11 is 0. The Labute approximate surface area is 105 Å². The summed E-state index contributed by atoms with van der Waals surface area (Å²) < 4.78 is 23.2. The monoisotopic (exact) mass is 254 g/mol. The normalized spacial score (nSPS) is 19.0. The van der Waals surface area contributed by atoms with Gasteiger partial charge >= 0.3 is 0 Å². The van der Waals surface area contributed by atoms with Gasteiger partial charge < -0.3 is 14.4 Å². The number of amides is 1. The van der Waals surface area contributed by atoms with E-state index in [1.165, 1.54) is 13.2 Å². The van der Waals surface area contributed by atoms with E-state index in [1.54, 1.807) is 17.0 Å². The van der Waals surface area contributed by atoms with Crippen molar-refractivity contribution in [2.24, 2.45) is 0 Å². The van der Waals surface area contributed by atoms with Gasteiger partial charge in [-0.1, -0.05) is 6.07 Å². The van der Waals surface area contributed by atoms with E-state index in [2.05, 4.69) is 4.98 Å². The predicted octanol–water partition coefficient (Wildman–Crippen LogP) is 0.847. The van der Waals surface area contributed by atoms with Gasteiger partial charge in [0.1, 0.15) is 12.7 Å². The van der Waals surface area contributed by atoms with E-state index in [-0.39, 0.29) is 24.5 Å². The van der Waals surface area contributed by atoms with E-state index < -0.39 is 5.95 Å². The van der Waals surface area contributed by atoms with Crippen molar-refractivity contribution < 1.29 is 18.7 Å². The molecule has 6 heteroatoms. The van der Waals surface area contributed by atoms with Gasteiger partial charge in [0.15, 0.2) is 0 Å². The van der Waals surface area contributed by atoms with Gasteiger partial charge in [0.2, 0.25) is 17.7 Å². The summed E-state index contributed by atoms with van der Waals surface area (Å²) in [5, 5.41) is 0. The minimum atomic E-state index is -0.571. The lowest BCUT2D eigenvalue weighted by atomic mass is 10.3. The highest BCUT2D eigenvalue weighted by molar-refractivity contribution is 5.77. The zero-order valence-electron chi connectivity index (χ0n) is 10.1. The molecule has 0 N–H and O–H groups in total. The number of methoxy groups -OCH3 is 1. The van der Waals surface area contributed by atoms with E-state index in [9.17, 15) is 9.18 Å². The lowest BCUT2D eigenvalue weighted by Crippen LogP contribution is -2.33. The molecular formula is C12H15FN2O3. The van der Waals surface area contributed by atoms with Crippen LogP contribution in [0.25, 0.3) is 0 Å². The molecule has 1 atom stereocenters. The molecule has 1 fully saturated rings. The average Bonchev–Trinajstić information content (AvgIpc) is 2.78. The van der Waals surface area contributed by atoms with Gasteiger partial charge in [0.05, 0.1) is 6.54 Å². The third-order valence-corrected chi connectivity index (χ3v) is 2.74. The highest BCUT2D eigenvalue weighted by Crippen LogP contribution is 2.16. The van der Waals surface area contributed by atoms with Gasteiger partial charge in [-0.2, -0.15) is 9.37 Å². The Morgan fingerprint density at radius 1 is 1.61 bits per heavy atom. The molecule has 1 amide bonds. The summed E-state index contributed by atoms with van der Waals surface area (Å²) in [6, 6.07) is 4.40. The Morgan fingerprint density at radius 2 is 2.44 bits per heavy atom. The van der Waals surface area contributed by atoms with E-state index in [0.29, 0.717) is 19.5 Å². The molecule has 1 aromatic heterocycles. The fourth-order valence-electron chi connectivity index (χ4n) is 1.89. The third-order valence-electron chi connectivity index (χ3n) is 2.74. The zero-order valence-corrected chi connectivity index (χ0v) is 10.1. The predicted molar refractivity (Wildman–Crippen MR) is 61.7 cm³/mol. The Morgan fingerprint density at radius 3 is 3.17 bits per heavy atom. The van der Waals surface area contributed by atoms with Crippen LogP contribution in [0.15, 0.2) is 18.2 Å². The topological polar surface area (TPSA) is 51.7 Å². The van der Waals surface area contributed by atoms with Crippen LogP contribution >= 0.6 is 0 Å². The van der Waals surface area contributed by atoms with Gasteiger partial charge in [-0.3, -0.25) is 4.79 Å². The highest BCUT2D eigenvalue weighted by Gasteiger charge is 2.27. The first-order valence-electron chi connectivity index (χ1n) is 5.75. The molecule has 0 radical (unpaired) electrons. The van der Waals surface area contributed by atoms with Crippen LogP contribution in [0.5, 0.6) is 5.88 Å². The van der Waals surface area contributed by atoms with Gasteiger partial charge in [0, 0.05) is 26.1 Å². The number of rotatable bonds is 4. The fraction of sp³-hybridized carbons (Fsp3) is 0.500. The van der Waals surface area contributed by atoms with Gasteiger partial charge in [0.25, 0.3) is 0 Å². The summed E-state index contributed by atoms with van der Waals surface area (Å²) in [6.07, 6.45) is 0.577. The van der Waals surface area contributed by atoms with Crippen LogP contribution in [0.1, 0.15) is 6.42 Å². The zero-order chi connectivity index (χ0) is 13.0. The summed E-state index contributed by atoms with van der Waals surface area (Å²) in [5.41, 5.74) is 0. The lowest BCUT2D eigenvalue weighted by molar-refractivity contribution is -0.134. The smallest absolute Gasteiger partial charge is 0.248 e. The van der Waals surface area contributed by atoms with E-state index in [4.69, 9.17) is 9.47 Å². The van der Waals surface area contributed by atoms with Gasteiger partial charge in [-0.05, 0) is 6.07 Å². The fourth-order valence-corrected chi connectivity index (χ4v) is 1.89. The van der Waals surface area contributed by atoms with Crippen molar-refractivity contribution in [3.63, 3.8) is 0 Å². The van der Waals surface area contributed by atoms with Crippen molar-refractivity contribution >= 4 is 5.91 Å². The maximum absolute atomic E-state index is 12.9. The highest BCUT2D eigenvalue weighted by atomic mass is 19.1. The average molecular weight is 254 g/mol. The van der Waals surface area contributed by atoms with Crippen LogP contribution in [-0.2, 0) is 9.53 Å². The summed E-state index contributed by atoms with van der Waals surface area (Å²) in [7, 11) is 1.48. The van der Waals surface area contributed by atoms with Crippen molar-refractivity contribution in [3.8, 4) is 5.88 Å². The van der Waals surface area contributed by atoms with Crippen LogP contribution in [0.4, 0.5) is 4.39 Å². The second-order valence-corrected chi connectivity index (χ2v) is 4.10. The number of hydrogen-bond donors (Lipinski definition) is 0. The summed E-state index contributed by atoms with van der Waals surface area (Å²) in [5.74, 6) is -0.380. The first kappa shape index (κ1) is 12.8. The minimum Gasteiger partial charge on any atom is -0.472 e. The SMILES string of the molecule is COCC(=O)N1CCC(Oc2cccc(F)n2)C1. The van der Waals surface area contributed by atoms with Gasteiger partial charge in [-0.25, -0.2) is 0 Å². The molecule has 1 aliphatic rings. The quantitative estimate of drug-likeness (QED) is 0.747. The molecule has 0 spiro atoms. The van der Waals surface area contributed by atoms with Crippen LogP contribution < -0.4 is 4.74 Å². The molecule has 1 aliphatic heterocycles. The number of ether oxygens (including phenoxy) is 2. The molecule has 1 unspecified atom stereocenters. The van der Waals surface area contributed by atoms with E-state index in [0.717, 1.165) is 0 Å². The molecule has 5 nitrogen and oxygen atoms in total. The number of carbonyl (C=O) groups excluding carboxylic acids is 1. The molecule has 0 aromatic carbocycles. The Kier molecular flexibility index (Phi) is 4.09. The molecule has 2 heterocycles. The largest absolute Gasteiger partial charge is 0.472 e. The van der Waals surface area contributed by atoms with Crippen molar-refractivity contribution in [2.75, 3.05) is 26.8 Å². The van der Waals surface area contributed by atoms with Crippen molar-refractivity contribution in [3.05, 3.63) is 24.1 Å². The maximum atomic E-state index is 12.9. The molecule has 0 saturated carbocycles. The Hall–Kier alpha value is -1.69. The molecule has 1 aromatic rings. The van der Waals surface area contributed by atoms with Crippen molar-refractivity contribution in [2.45, 2.75) is 12.5 Å². The molecule has 0 bridgehead atoms. The summed E-state index contributed by atoms with van der Waals surface area (Å²) in [4.78, 5) is 16.9. The molecule has 1 saturated heterocycles. The number of pyridine rings is 1. The standard InChI is InChI=1S/C12H15FN2O3/c1-17-8-12(16)15-6-5-9(7-15)18-11-4-2-3-10(13)14-11/h2-4,9H,5-8H2,1H3. The number of aromatic nitrogens is 1. The van der Waals surface area contributed by atoms with Crippen molar-refractivity contribution in [1.82, 2.24) is 9.88 Å². The number of nitrogens with zero attached hydrogens (tertiary/aromatic N) is 2. The second-order valence-electron chi connectivity index (χ2n) is 4.10. The van der Waals surface area contributed by atoms with Crippen molar-refractivity contribution in [1.29, 1.82) is 0 Å². The van der Waals surface area contributed by atoms with Crippen LogP contribution in [-0.4, -0.2) is 48.7 Å². The second kappa shape index (κ2) is 5.77. The van der Waals surface area contributed by atoms with Crippen LogP contribution in [0.3, 0.4) is 0 Å². The number of carbonyl (C=O) groups is 1. The molecular weight excluding hydrogens is 239 g/mol. The third kappa shape index (κ3) is 3.16. The number of halogens is 1. The molecule has 18 heavy (non-hydrogen) atoms. The van der Waals surface area contributed by atoms with E-state index in [1.807, 2.05) is 0 Å². The molecule has 2 rings (SSSR count). The van der Waals surface area contributed by atoms with Gasteiger partial charge in [-0.15, -0.1) is 0 Å². The Bertz CT molecular complexity index is 428. The first-order chi connectivity index (χ1) is 8.69. The van der Waals surface area contributed by atoms with E-state index >= 15 is 0 Å².